The van der Waals surface area contributed by atoms with Gasteiger partial charge in [0.05, 0.1) is 4.90 Å². The number of nitrogens with one attached hydrogen (secondary N) is 2. The first-order valence-electron chi connectivity index (χ1n) is 7.50. The molecule has 0 spiro atoms. The van der Waals surface area contributed by atoms with Gasteiger partial charge in [0, 0.05) is 18.1 Å². The van der Waals surface area contributed by atoms with Gasteiger partial charge in [0.1, 0.15) is 0 Å². The molecule has 6 heteroatoms. The average Bonchev–Trinajstić information content (AvgIpc) is 2.45. The van der Waals surface area contributed by atoms with E-state index in [0.717, 1.165) is 37.8 Å². The van der Waals surface area contributed by atoms with E-state index >= 15 is 0 Å². The van der Waals surface area contributed by atoms with E-state index in [0.29, 0.717) is 18.1 Å². The monoisotopic (exact) mass is 332 g/mol. The normalized spacial score (nSPS) is 11.8. The molecule has 0 fully saturated rings. The largest absolute Gasteiger partial charge is 0.313 e. The molecule has 0 bridgehead atoms. The van der Waals surface area contributed by atoms with Crippen LogP contribution < -0.4 is 10.0 Å². The van der Waals surface area contributed by atoms with Crippen molar-refractivity contribution >= 4 is 21.6 Å². The highest BCUT2D eigenvalue weighted by Gasteiger charge is 2.15. The first-order valence-corrected chi connectivity index (χ1v) is 9.36. The van der Waals surface area contributed by atoms with Crippen molar-refractivity contribution < 1.29 is 8.42 Å². The Balaban J connectivity index is 2.75. The van der Waals surface area contributed by atoms with Gasteiger partial charge in [0.25, 0.3) is 0 Å². The van der Waals surface area contributed by atoms with Crippen LogP contribution in [0.1, 0.15) is 45.1 Å². The van der Waals surface area contributed by atoms with Crippen LogP contribution in [0.25, 0.3) is 0 Å². The topological polar surface area (TPSA) is 58.2 Å². The average molecular weight is 333 g/mol. The molecule has 0 aliphatic heterocycles. The summed E-state index contributed by atoms with van der Waals surface area (Å²) >= 11 is 6.12. The van der Waals surface area contributed by atoms with Crippen LogP contribution in [0.15, 0.2) is 23.1 Å². The Labute approximate surface area is 133 Å². The minimum absolute atomic E-state index is 0.275. The van der Waals surface area contributed by atoms with Crippen LogP contribution in [0.3, 0.4) is 0 Å². The Morgan fingerprint density at radius 2 is 1.86 bits per heavy atom. The molecule has 4 nitrogen and oxygen atoms in total. The molecular formula is C15H25ClN2O2S. The van der Waals surface area contributed by atoms with Crippen molar-refractivity contribution in [2.24, 2.45) is 0 Å². The van der Waals surface area contributed by atoms with Crippen LogP contribution in [0.2, 0.25) is 5.02 Å². The maximum absolute atomic E-state index is 12.2. The van der Waals surface area contributed by atoms with Gasteiger partial charge in [-0.2, -0.15) is 0 Å². The van der Waals surface area contributed by atoms with Crippen LogP contribution in [0, 0.1) is 0 Å². The predicted octanol–water partition coefficient (Wildman–Crippen LogP) is 3.31. The molecule has 0 heterocycles. The molecular weight excluding hydrogens is 308 g/mol. The Morgan fingerprint density at radius 1 is 1.10 bits per heavy atom. The summed E-state index contributed by atoms with van der Waals surface area (Å²) < 4.78 is 27.1. The molecule has 0 atom stereocenters. The van der Waals surface area contributed by atoms with Gasteiger partial charge in [-0.15, -0.1) is 0 Å². The lowest BCUT2D eigenvalue weighted by atomic mass is 10.2. The zero-order chi connectivity index (χ0) is 15.7. The summed E-state index contributed by atoms with van der Waals surface area (Å²) in [5.74, 6) is 0. The molecule has 1 aromatic carbocycles. The molecule has 0 unspecified atom stereocenters. The van der Waals surface area contributed by atoms with Crippen molar-refractivity contribution in [1.29, 1.82) is 0 Å². The van der Waals surface area contributed by atoms with Gasteiger partial charge in [-0.25, -0.2) is 13.1 Å². The molecule has 21 heavy (non-hydrogen) atoms. The predicted molar refractivity (Wildman–Crippen MR) is 88.2 cm³/mol. The Bertz CT molecular complexity index is 532. The second-order valence-electron chi connectivity index (χ2n) is 5.03. The van der Waals surface area contributed by atoms with E-state index in [1.165, 1.54) is 0 Å². The lowest BCUT2D eigenvalue weighted by molar-refractivity contribution is 0.575. The van der Waals surface area contributed by atoms with Crippen LogP contribution >= 0.6 is 11.6 Å². The summed E-state index contributed by atoms with van der Waals surface area (Å²) in [6.07, 6.45) is 3.97. The first kappa shape index (κ1) is 18.4. The lowest BCUT2D eigenvalue weighted by Crippen LogP contribution is -2.25. The summed E-state index contributed by atoms with van der Waals surface area (Å²) in [6.45, 7) is 6.09. The molecule has 2 N–H and O–H groups in total. The van der Waals surface area contributed by atoms with Crippen molar-refractivity contribution in [1.82, 2.24) is 10.0 Å². The summed E-state index contributed by atoms with van der Waals surface area (Å²) in [4.78, 5) is 0.275. The molecule has 0 saturated heterocycles. The van der Waals surface area contributed by atoms with Gasteiger partial charge >= 0.3 is 0 Å². The zero-order valence-electron chi connectivity index (χ0n) is 12.8. The van der Waals surface area contributed by atoms with Crippen molar-refractivity contribution in [3.8, 4) is 0 Å². The Kier molecular flexibility index (Phi) is 8.26. The Morgan fingerprint density at radius 3 is 2.52 bits per heavy atom. The molecule has 0 radical (unpaired) electrons. The molecule has 0 saturated carbocycles. The van der Waals surface area contributed by atoms with Crippen molar-refractivity contribution in [3.05, 3.63) is 28.8 Å². The van der Waals surface area contributed by atoms with E-state index in [1.54, 1.807) is 18.2 Å². The second-order valence-corrected chi connectivity index (χ2v) is 7.21. The third-order valence-electron chi connectivity index (χ3n) is 3.14. The molecule has 120 valence electrons. The van der Waals surface area contributed by atoms with E-state index in [2.05, 4.69) is 23.9 Å². The molecule has 0 aliphatic carbocycles. The molecule has 1 aromatic rings. The SMILES string of the molecule is CCCCCNS(=O)(=O)c1ccc(Cl)c(CNCCC)c1. The zero-order valence-corrected chi connectivity index (χ0v) is 14.4. The number of hydrogen-bond donors (Lipinski definition) is 2. The summed E-state index contributed by atoms with van der Waals surface area (Å²) in [5.41, 5.74) is 0.807. The van der Waals surface area contributed by atoms with Crippen molar-refractivity contribution in [3.63, 3.8) is 0 Å². The fourth-order valence-electron chi connectivity index (χ4n) is 1.92. The van der Waals surface area contributed by atoms with Gasteiger partial charge in [-0.3, -0.25) is 0 Å². The highest BCUT2D eigenvalue weighted by Crippen LogP contribution is 2.20. The minimum Gasteiger partial charge on any atom is -0.313 e. The van der Waals surface area contributed by atoms with E-state index in [9.17, 15) is 8.42 Å². The quantitative estimate of drug-likeness (QED) is 0.646. The van der Waals surface area contributed by atoms with E-state index in [1.807, 2.05) is 0 Å². The number of halogens is 1. The maximum Gasteiger partial charge on any atom is 0.240 e. The molecule has 1 rings (SSSR count). The van der Waals surface area contributed by atoms with Gasteiger partial charge in [0.15, 0.2) is 0 Å². The smallest absolute Gasteiger partial charge is 0.240 e. The van der Waals surface area contributed by atoms with Crippen molar-refractivity contribution in [2.45, 2.75) is 51.0 Å². The number of hydrogen-bond acceptors (Lipinski definition) is 3. The molecule has 0 aliphatic rings. The summed E-state index contributed by atoms with van der Waals surface area (Å²) in [5, 5.41) is 3.82. The van der Waals surface area contributed by atoms with Gasteiger partial charge < -0.3 is 5.32 Å². The van der Waals surface area contributed by atoms with Crippen LogP contribution in [0.5, 0.6) is 0 Å². The van der Waals surface area contributed by atoms with Gasteiger partial charge in [-0.05, 0) is 43.1 Å². The van der Waals surface area contributed by atoms with E-state index in [4.69, 9.17) is 11.6 Å². The van der Waals surface area contributed by atoms with E-state index < -0.39 is 10.0 Å². The minimum atomic E-state index is -3.45. The van der Waals surface area contributed by atoms with Crippen LogP contribution in [0.4, 0.5) is 0 Å². The fraction of sp³-hybridized carbons (Fsp3) is 0.600. The second kappa shape index (κ2) is 9.41. The summed E-state index contributed by atoms with van der Waals surface area (Å²) in [6, 6.07) is 4.84. The number of sulfonamides is 1. The fourth-order valence-corrected chi connectivity index (χ4v) is 3.23. The van der Waals surface area contributed by atoms with Gasteiger partial charge in [-0.1, -0.05) is 38.3 Å². The first-order chi connectivity index (χ1) is 10.0. The third kappa shape index (κ3) is 6.34. The maximum atomic E-state index is 12.2. The highest BCUT2D eigenvalue weighted by molar-refractivity contribution is 7.89. The lowest BCUT2D eigenvalue weighted by Gasteiger charge is -2.10. The van der Waals surface area contributed by atoms with Crippen LogP contribution in [-0.4, -0.2) is 21.5 Å². The van der Waals surface area contributed by atoms with Gasteiger partial charge in [0.2, 0.25) is 10.0 Å². The number of benzene rings is 1. The third-order valence-corrected chi connectivity index (χ3v) is 4.97. The standard InChI is InChI=1S/C15H25ClN2O2S/c1-3-5-6-10-18-21(19,20)14-7-8-15(16)13(11-14)12-17-9-4-2/h7-8,11,17-18H,3-6,9-10,12H2,1-2H3. The Hall–Kier alpha value is -0.620. The summed E-state index contributed by atoms with van der Waals surface area (Å²) in [7, 11) is -3.45. The van der Waals surface area contributed by atoms with Crippen molar-refractivity contribution in [2.75, 3.05) is 13.1 Å². The van der Waals surface area contributed by atoms with E-state index in [-0.39, 0.29) is 4.90 Å². The highest BCUT2D eigenvalue weighted by atomic mass is 35.5. The van der Waals surface area contributed by atoms with Crippen LogP contribution in [-0.2, 0) is 16.6 Å². The number of rotatable bonds is 10. The number of unbranched alkanes of at least 4 members (excludes halogenated alkanes) is 2. The molecule has 0 amide bonds. The molecule has 0 aromatic heterocycles.